The lowest BCUT2D eigenvalue weighted by Crippen LogP contribution is -2.36. The molecule has 2 rings (SSSR count). The van der Waals surface area contributed by atoms with Crippen LogP contribution in [0.1, 0.15) is 31.7 Å². The maximum Gasteiger partial charge on any atom is 0.261 e. The van der Waals surface area contributed by atoms with Crippen LogP contribution in [-0.2, 0) is 11.2 Å². The standard InChI is InChI=1S/C15H22N2O2/c1-11(16)10-12-5-7-13(8-6-12)19-14-4-2-3-9-17-15(14)18/h5-8,11,14H,2-4,9-10,16H2,1H3,(H,17,18). The van der Waals surface area contributed by atoms with E-state index in [1.165, 1.54) is 5.56 Å². The van der Waals surface area contributed by atoms with E-state index in [0.717, 1.165) is 38.0 Å². The van der Waals surface area contributed by atoms with Crippen molar-refractivity contribution in [2.75, 3.05) is 6.54 Å². The summed E-state index contributed by atoms with van der Waals surface area (Å²) in [4.78, 5) is 11.8. The highest BCUT2D eigenvalue weighted by molar-refractivity contribution is 5.81. The molecule has 104 valence electrons. The second kappa shape index (κ2) is 6.57. The molecule has 2 atom stereocenters. The minimum atomic E-state index is -0.359. The van der Waals surface area contributed by atoms with Gasteiger partial charge in [0.2, 0.25) is 0 Å². The third kappa shape index (κ3) is 4.24. The van der Waals surface area contributed by atoms with Crippen molar-refractivity contribution < 1.29 is 9.53 Å². The van der Waals surface area contributed by atoms with Gasteiger partial charge in [-0.1, -0.05) is 12.1 Å². The van der Waals surface area contributed by atoms with Gasteiger partial charge < -0.3 is 15.8 Å². The monoisotopic (exact) mass is 262 g/mol. The van der Waals surface area contributed by atoms with Gasteiger partial charge in [-0.05, 0) is 50.3 Å². The molecule has 0 saturated carbocycles. The Hall–Kier alpha value is -1.55. The van der Waals surface area contributed by atoms with E-state index in [-0.39, 0.29) is 18.1 Å². The Morgan fingerprint density at radius 3 is 2.79 bits per heavy atom. The molecule has 4 heteroatoms. The van der Waals surface area contributed by atoms with Gasteiger partial charge in [0.25, 0.3) is 5.91 Å². The second-order valence-corrected chi connectivity index (χ2v) is 5.22. The minimum Gasteiger partial charge on any atom is -0.481 e. The Morgan fingerprint density at radius 2 is 2.11 bits per heavy atom. The van der Waals surface area contributed by atoms with Gasteiger partial charge in [-0.3, -0.25) is 4.79 Å². The maximum absolute atomic E-state index is 11.8. The average molecular weight is 262 g/mol. The van der Waals surface area contributed by atoms with Gasteiger partial charge in [0.15, 0.2) is 6.10 Å². The molecular formula is C15H22N2O2. The van der Waals surface area contributed by atoms with E-state index in [1.54, 1.807) is 0 Å². The smallest absolute Gasteiger partial charge is 0.261 e. The van der Waals surface area contributed by atoms with E-state index in [4.69, 9.17) is 10.5 Å². The topological polar surface area (TPSA) is 64.3 Å². The van der Waals surface area contributed by atoms with Crippen LogP contribution in [-0.4, -0.2) is 24.6 Å². The number of rotatable bonds is 4. The molecule has 1 saturated heterocycles. The quantitative estimate of drug-likeness (QED) is 0.866. The molecule has 1 amide bonds. The fourth-order valence-electron chi connectivity index (χ4n) is 2.26. The van der Waals surface area contributed by atoms with Crippen LogP contribution in [0.2, 0.25) is 0 Å². The summed E-state index contributed by atoms with van der Waals surface area (Å²) in [6.45, 7) is 2.74. The summed E-state index contributed by atoms with van der Waals surface area (Å²) >= 11 is 0. The molecule has 1 aliphatic heterocycles. The predicted molar refractivity (Wildman–Crippen MR) is 75.1 cm³/mol. The van der Waals surface area contributed by atoms with Gasteiger partial charge in [-0.25, -0.2) is 0 Å². The highest BCUT2D eigenvalue weighted by atomic mass is 16.5. The first kappa shape index (κ1) is 13.9. The van der Waals surface area contributed by atoms with E-state index in [0.29, 0.717) is 0 Å². The largest absolute Gasteiger partial charge is 0.481 e. The number of nitrogens with two attached hydrogens (primary N) is 1. The number of carbonyl (C=O) groups is 1. The molecule has 1 aromatic rings. The average Bonchev–Trinajstić information content (AvgIpc) is 2.57. The van der Waals surface area contributed by atoms with Crippen LogP contribution >= 0.6 is 0 Å². The molecule has 4 nitrogen and oxygen atoms in total. The number of ether oxygens (including phenoxy) is 1. The molecule has 1 heterocycles. The minimum absolute atomic E-state index is 0.00263. The molecular weight excluding hydrogens is 240 g/mol. The van der Waals surface area contributed by atoms with Gasteiger partial charge in [0.05, 0.1) is 0 Å². The van der Waals surface area contributed by atoms with Crippen LogP contribution in [0.25, 0.3) is 0 Å². The Kier molecular flexibility index (Phi) is 4.80. The Labute approximate surface area is 114 Å². The number of hydrogen-bond acceptors (Lipinski definition) is 3. The molecule has 0 aliphatic carbocycles. The van der Waals surface area contributed by atoms with E-state index in [9.17, 15) is 4.79 Å². The Bertz CT molecular complexity index is 415. The summed E-state index contributed by atoms with van der Waals surface area (Å²) in [5.41, 5.74) is 6.95. The summed E-state index contributed by atoms with van der Waals surface area (Å²) in [6, 6.07) is 7.99. The first-order chi connectivity index (χ1) is 9.15. The van der Waals surface area contributed by atoms with E-state index >= 15 is 0 Å². The molecule has 0 aromatic heterocycles. The van der Waals surface area contributed by atoms with Crippen LogP contribution in [0.3, 0.4) is 0 Å². The second-order valence-electron chi connectivity index (χ2n) is 5.22. The Balaban J connectivity index is 1.96. The molecule has 19 heavy (non-hydrogen) atoms. The summed E-state index contributed by atoms with van der Waals surface area (Å²) < 4.78 is 5.76. The molecule has 1 aromatic carbocycles. The normalized spacial score (nSPS) is 21.4. The first-order valence-corrected chi connectivity index (χ1v) is 6.94. The molecule has 1 aliphatic rings. The predicted octanol–water partition coefficient (Wildman–Crippen LogP) is 1.62. The van der Waals surface area contributed by atoms with Gasteiger partial charge in [-0.2, -0.15) is 0 Å². The van der Waals surface area contributed by atoms with Gasteiger partial charge in [0.1, 0.15) is 5.75 Å². The van der Waals surface area contributed by atoms with Gasteiger partial charge >= 0.3 is 0 Å². The van der Waals surface area contributed by atoms with Crippen LogP contribution in [0.15, 0.2) is 24.3 Å². The molecule has 1 fully saturated rings. The number of amides is 1. The van der Waals surface area contributed by atoms with Crippen LogP contribution < -0.4 is 15.8 Å². The summed E-state index contributed by atoms with van der Waals surface area (Å²) in [5.74, 6) is 0.743. The Morgan fingerprint density at radius 1 is 1.37 bits per heavy atom. The highest BCUT2D eigenvalue weighted by Crippen LogP contribution is 2.18. The lowest BCUT2D eigenvalue weighted by molar-refractivity contribution is -0.127. The van der Waals surface area contributed by atoms with Crippen molar-refractivity contribution in [3.63, 3.8) is 0 Å². The number of benzene rings is 1. The zero-order valence-corrected chi connectivity index (χ0v) is 11.4. The third-order valence-electron chi connectivity index (χ3n) is 3.24. The highest BCUT2D eigenvalue weighted by Gasteiger charge is 2.22. The van der Waals surface area contributed by atoms with Gasteiger partial charge in [-0.15, -0.1) is 0 Å². The van der Waals surface area contributed by atoms with Crippen molar-refractivity contribution >= 4 is 5.91 Å². The van der Waals surface area contributed by atoms with E-state index < -0.39 is 0 Å². The molecule has 3 N–H and O–H groups in total. The molecule has 0 bridgehead atoms. The molecule has 0 spiro atoms. The fourth-order valence-corrected chi connectivity index (χ4v) is 2.26. The third-order valence-corrected chi connectivity index (χ3v) is 3.24. The van der Waals surface area contributed by atoms with Crippen LogP contribution in [0.4, 0.5) is 0 Å². The van der Waals surface area contributed by atoms with Crippen molar-refractivity contribution in [2.45, 2.75) is 44.8 Å². The first-order valence-electron chi connectivity index (χ1n) is 6.94. The van der Waals surface area contributed by atoms with E-state index in [2.05, 4.69) is 5.32 Å². The summed E-state index contributed by atoms with van der Waals surface area (Å²) in [6.07, 6.45) is 3.32. The molecule has 2 unspecified atom stereocenters. The van der Waals surface area contributed by atoms with E-state index in [1.807, 2.05) is 31.2 Å². The number of hydrogen-bond donors (Lipinski definition) is 2. The maximum atomic E-state index is 11.8. The number of carbonyl (C=O) groups excluding carboxylic acids is 1. The molecule has 0 radical (unpaired) electrons. The lowest BCUT2D eigenvalue weighted by Gasteiger charge is -2.16. The van der Waals surface area contributed by atoms with Crippen molar-refractivity contribution in [2.24, 2.45) is 5.73 Å². The van der Waals surface area contributed by atoms with Crippen LogP contribution in [0, 0.1) is 0 Å². The zero-order valence-electron chi connectivity index (χ0n) is 11.4. The summed E-state index contributed by atoms with van der Waals surface area (Å²) in [7, 11) is 0. The van der Waals surface area contributed by atoms with Gasteiger partial charge in [0, 0.05) is 12.6 Å². The lowest BCUT2D eigenvalue weighted by atomic mass is 10.1. The van der Waals surface area contributed by atoms with Crippen molar-refractivity contribution in [1.29, 1.82) is 0 Å². The number of nitrogens with one attached hydrogen (secondary N) is 1. The fraction of sp³-hybridized carbons (Fsp3) is 0.533. The van der Waals surface area contributed by atoms with Crippen molar-refractivity contribution in [1.82, 2.24) is 5.32 Å². The zero-order chi connectivity index (χ0) is 13.7. The van der Waals surface area contributed by atoms with Crippen molar-refractivity contribution in [3.05, 3.63) is 29.8 Å². The van der Waals surface area contributed by atoms with Crippen LogP contribution in [0.5, 0.6) is 5.75 Å². The SMILES string of the molecule is CC(N)Cc1ccc(OC2CCCCNC2=O)cc1. The van der Waals surface area contributed by atoms with Crippen molar-refractivity contribution in [3.8, 4) is 5.75 Å². The summed E-state index contributed by atoms with van der Waals surface area (Å²) in [5, 5.41) is 2.87.